The molecular weight excluding hydrogens is 524 g/mol. The highest BCUT2D eigenvalue weighted by atomic mass is 16.5. The number of amides is 4. The molecule has 0 spiro atoms. The van der Waals surface area contributed by atoms with Gasteiger partial charge in [-0.1, -0.05) is 80.6 Å². The first-order valence-corrected chi connectivity index (χ1v) is 13.7. The highest BCUT2D eigenvalue weighted by Crippen LogP contribution is 2.18. The van der Waals surface area contributed by atoms with E-state index in [1.807, 2.05) is 60.7 Å². The Balaban J connectivity index is 2.08. The first-order valence-electron chi connectivity index (χ1n) is 13.7. The number of alkyl carbamates (subject to hydrolysis) is 1. The van der Waals surface area contributed by atoms with Crippen LogP contribution in [0.15, 0.2) is 73.3 Å². The van der Waals surface area contributed by atoms with E-state index in [0.29, 0.717) is 0 Å². The maximum atomic E-state index is 13.0. The molecule has 2 rings (SSSR count). The SMILES string of the molecule is C=CC[C@H](C[C@H](O)[C@H](Cc1ccccc1)NC(=O)[C@H](C)NC(=O)OCc1ccccc1)C(=O)NC(=O)C(N)C(C)C. The minimum absolute atomic E-state index is 0.0493. The van der Waals surface area contributed by atoms with Gasteiger partial charge in [-0.25, -0.2) is 4.79 Å². The summed E-state index contributed by atoms with van der Waals surface area (Å²) in [6.07, 6.45) is 0.00945. The molecule has 0 aromatic heterocycles. The molecule has 0 bridgehead atoms. The lowest BCUT2D eigenvalue weighted by atomic mass is 9.90. The van der Waals surface area contributed by atoms with E-state index in [1.54, 1.807) is 13.8 Å². The number of hydrogen-bond acceptors (Lipinski definition) is 7. The van der Waals surface area contributed by atoms with Crippen LogP contribution >= 0.6 is 0 Å². The third-order valence-electron chi connectivity index (χ3n) is 6.65. The Hall–Kier alpha value is -4.02. The zero-order chi connectivity index (χ0) is 30.4. The van der Waals surface area contributed by atoms with Crippen molar-refractivity contribution in [3.8, 4) is 0 Å². The third kappa shape index (κ3) is 11.5. The van der Waals surface area contributed by atoms with Crippen molar-refractivity contribution >= 4 is 23.8 Å². The first kappa shape index (κ1) is 33.2. The highest BCUT2D eigenvalue weighted by Gasteiger charge is 2.31. The number of rotatable bonds is 15. The molecule has 6 N–H and O–H groups in total. The number of nitrogens with two attached hydrogens (primary N) is 1. The lowest BCUT2D eigenvalue weighted by Crippen LogP contribution is -2.53. The van der Waals surface area contributed by atoms with Crippen molar-refractivity contribution < 1.29 is 29.0 Å². The number of benzene rings is 2. The van der Waals surface area contributed by atoms with Gasteiger partial charge in [-0.15, -0.1) is 6.58 Å². The number of nitrogens with one attached hydrogen (secondary N) is 3. The second-order valence-electron chi connectivity index (χ2n) is 10.4. The summed E-state index contributed by atoms with van der Waals surface area (Å²) in [5.74, 6) is -2.66. The number of hydrogen-bond donors (Lipinski definition) is 5. The zero-order valence-corrected chi connectivity index (χ0v) is 23.9. The molecule has 0 radical (unpaired) electrons. The molecule has 41 heavy (non-hydrogen) atoms. The molecule has 0 aliphatic rings. The molecule has 2 aromatic rings. The summed E-state index contributed by atoms with van der Waals surface area (Å²) in [5, 5.41) is 18.9. The molecule has 0 saturated carbocycles. The van der Waals surface area contributed by atoms with Crippen molar-refractivity contribution in [3.63, 3.8) is 0 Å². The van der Waals surface area contributed by atoms with Crippen molar-refractivity contribution in [1.82, 2.24) is 16.0 Å². The second kappa shape index (κ2) is 16.9. The minimum atomic E-state index is -1.17. The first-order chi connectivity index (χ1) is 19.5. The normalized spacial score (nSPS) is 14.6. The average molecular weight is 567 g/mol. The van der Waals surface area contributed by atoms with Crippen LogP contribution in [0.2, 0.25) is 0 Å². The topological polar surface area (TPSA) is 160 Å². The largest absolute Gasteiger partial charge is 0.445 e. The molecule has 0 saturated heterocycles. The fraction of sp³-hybridized carbons (Fsp3) is 0.419. The van der Waals surface area contributed by atoms with Crippen LogP contribution in [0.25, 0.3) is 0 Å². The van der Waals surface area contributed by atoms with Crippen LogP contribution in [0, 0.1) is 11.8 Å². The van der Waals surface area contributed by atoms with Crippen molar-refractivity contribution in [2.45, 2.75) is 70.9 Å². The minimum Gasteiger partial charge on any atom is -0.445 e. The van der Waals surface area contributed by atoms with E-state index < -0.39 is 54.0 Å². The highest BCUT2D eigenvalue weighted by molar-refractivity contribution is 5.98. The van der Waals surface area contributed by atoms with Gasteiger partial charge in [0.1, 0.15) is 12.6 Å². The summed E-state index contributed by atoms with van der Waals surface area (Å²) in [7, 11) is 0. The molecule has 4 amide bonds. The van der Waals surface area contributed by atoms with Gasteiger partial charge in [0.2, 0.25) is 17.7 Å². The summed E-state index contributed by atoms with van der Waals surface area (Å²) in [4.78, 5) is 50.6. The predicted octanol–water partition coefficient (Wildman–Crippen LogP) is 2.60. The van der Waals surface area contributed by atoms with Crippen LogP contribution in [0.3, 0.4) is 0 Å². The van der Waals surface area contributed by atoms with Crippen LogP contribution in [0.5, 0.6) is 0 Å². The fourth-order valence-electron chi connectivity index (χ4n) is 4.04. The lowest BCUT2D eigenvalue weighted by molar-refractivity contribution is -0.134. The Morgan fingerprint density at radius 1 is 0.902 bits per heavy atom. The van der Waals surface area contributed by atoms with E-state index in [4.69, 9.17) is 10.5 Å². The summed E-state index contributed by atoms with van der Waals surface area (Å²) < 4.78 is 5.20. The Kier molecular flexibility index (Phi) is 13.7. The third-order valence-corrected chi connectivity index (χ3v) is 6.65. The maximum absolute atomic E-state index is 13.0. The van der Waals surface area contributed by atoms with Crippen molar-refractivity contribution in [3.05, 3.63) is 84.4 Å². The van der Waals surface area contributed by atoms with Crippen LogP contribution in [-0.2, 0) is 32.1 Å². The van der Waals surface area contributed by atoms with E-state index in [2.05, 4.69) is 22.5 Å². The average Bonchev–Trinajstić information content (AvgIpc) is 2.95. The van der Waals surface area contributed by atoms with Gasteiger partial charge in [0, 0.05) is 5.92 Å². The number of aliphatic hydroxyl groups is 1. The molecule has 2 aromatic carbocycles. The standard InChI is InChI=1S/C31H42N4O6/c1-5-12-24(29(38)35-30(39)27(32)20(2)3)18-26(36)25(17-22-13-8-6-9-14-22)34-28(37)21(4)33-31(40)41-19-23-15-10-7-11-16-23/h5-11,13-16,20-21,24-27,36H,1,12,17-19,32H2,2-4H3,(H,33,40)(H,34,37)(H,35,38,39)/t21-,24+,25-,26-,27?/m0/s1. The summed E-state index contributed by atoms with van der Waals surface area (Å²) in [5.41, 5.74) is 7.52. The molecule has 222 valence electrons. The molecule has 1 unspecified atom stereocenters. The zero-order valence-electron chi connectivity index (χ0n) is 23.9. The van der Waals surface area contributed by atoms with Gasteiger partial charge in [-0.05, 0) is 43.2 Å². The lowest BCUT2D eigenvalue weighted by Gasteiger charge is -2.28. The van der Waals surface area contributed by atoms with E-state index in [-0.39, 0.29) is 31.8 Å². The number of carbonyl (C=O) groups is 4. The molecule has 0 aliphatic carbocycles. The number of ether oxygens (including phenoxy) is 1. The summed E-state index contributed by atoms with van der Waals surface area (Å²) in [6, 6.07) is 15.7. The van der Waals surface area contributed by atoms with Crippen molar-refractivity contribution in [2.24, 2.45) is 17.6 Å². The van der Waals surface area contributed by atoms with Crippen LogP contribution in [0.1, 0.15) is 44.7 Å². The van der Waals surface area contributed by atoms with Gasteiger partial charge in [0.05, 0.1) is 18.2 Å². The number of imide groups is 1. The monoisotopic (exact) mass is 566 g/mol. The van der Waals surface area contributed by atoms with Gasteiger partial charge in [-0.3, -0.25) is 19.7 Å². The summed E-state index contributed by atoms with van der Waals surface area (Å²) >= 11 is 0. The number of carbonyl (C=O) groups excluding carboxylic acids is 4. The van der Waals surface area contributed by atoms with Gasteiger partial charge < -0.3 is 26.2 Å². The Labute approximate surface area is 241 Å². The maximum Gasteiger partial charge on any atom is 0.408 e. The van der Waals surface area contributed by atoms with E-state index in [1.165, 1.54) is 13.0 Å². The second-order valence-corrected chi connectivity index (χ2v) is 10.4. The predicted molar refractivity (Wildman–Crippen MR) is 156 cm³/mol. The Bertz CT molecular complexity index is 1140. The van der Waals surface area contributed by atoms with Crippen molar-refractivity contribution in [1.29, 1.82) is 0 Å². The van der Waals surface area contributed by atoms with Gasteiger partial charge >= 0.3 is 6.09 Å². The number of aliphatic hydroxyl groups excluding tert-OH is 1. The Morgan fingerprint density at radius 2 is 1.49 bits per heavy atom. The van der Waals surface area contributed by atoms with Crippen LogP contribution in [-0.4, -0.2) is 53.2 Å². The molecule has 0 aliphatic heterocycles. The molecular formula is C31H42N4O6. The fourth-order valence-corrected chi connectivity index (χ4v) is 4.04. The summed E-state index contributed by atoms with van der Waals surface area (Å²) in [6.45, 7) is 8.78. The van der Waals surface area contributed by atoms with E-state index >= 15 is 0 Å². The smallest absolute Gasteiger partial charge is 0.408 e. The molecule has 10 nitrogen and oxygen atoms in total. The molecule has 5 atom stereocenters. The number of allylic oxidation sites excluding steroid dienone is 1. The molecule has 10 heteroatoms. The quantitative estimate of drug-likeness (QED) is 0.207. The van der Waals surface area contributed by atoms with E-state index in [9.17, 15) is 24.3 Å². The Morgan fingerprint density at radius 3 is 2.05 bits per heavy atom. The molecule has 0 fully saturated rings. The molecule has 0 heterocycles. The van der Waals surface area contributed by atoms with E-state index in [0.717, 1.165) is 11.1 Å². The van der Waals surface area contributed by atoms with Gasteiger partial charge in [0.25, 0.3) is 0 Å². The van der Waals surface area contributed by atoms with Gasteiger partial charge in [0.15, 0.2) is 0 Å². The van der Waals surface area contributed by atoms with Crippen molar-refractivity contribution in [2.75, 3.05) is 0 Å². The van der Waals surface area contributed by atoms with Crippen LogP contribution in [0.4, 0.5) is 4.79 Å². The van der Waals surface area contributed by atoms with Crippen LogP contribution < -0.4 is 21.7 Å². The van der Waals surface area contributed by atoms with Gasteiger partial charge in [-0.2, -0.15) is 0 Å².